The fourth-order valence-corrected chi connectivity index (χ4v) is 4.03. The van der Waals surface area contributed by atoms with Crippen molar-refractivity contribution in [3.63, 3.8) is 0 Å². The van der Waals surface area contributed by atoms with Gasteiger partial charge in [0.25, 0.3) is 0 Å². The third-order valence-electron chi connectivity index (χ3n) is 5.51. The van der Waals surface area contributed by atoms with Crippen molar-refractivity contribution in [1.82, 2.24) is 10.6 Å². The average Bonchev–Trinajstić information content (AvgIpc) is 3.20. The zero-order valence-corrected chi connectivity index (χ0v) is 15.0. The van der Waals surface area contributed by atoms with E-state index in [1.807, 2.05) is 0 Å². The summed E-state index contributed by atoms with van der Waals surface area (Å²) in [6, 6.07) is 6.47. The molecule has 2 atom stereocenters. The maximum atomic E-state index is 13.2. The molecule has 1 aliphatic heterocycles. The van der Waals surface area contributed by atoms with Crippen molar-refractivity contribution in [1.29, 1.82) is 0 Å². The molecule has 3 rings (SSSR count). The predicted molar refractivity (Wildman–Crippen MR) is 94.0 cm³/mol. The van der Waals surface area contributed by atoms with Crippen LogP contribution in [0.1, 0.15) is 58.1 Å². The average molecular weight is 332 g/mol. The summed E-state index contributed by atoms with van der Waals surface area (Å²) >= 11 is 0. The summed E-state index contributed by atoms with van der Waals surface area (Å²) in [6.45, 7) is 8.55. The molecule has 3 nitrogen and oxygen atoms in total. The van der Waals surface area contributed by atoms with Crippen LogP contribution in [0.2, 0.25) is 0 Å². The summed E-state index contributed by atoms with van der Waals surface area (Å²) in [4.78, 5) is 12.8. The van der Waals surface area contributed by atoms with E-state index in [9.17, 15) is 9.18 Å². The Balaban J connectivity index is 1.69. The minimum atomic E-state index is -0.240. The molecule has 1 heterocycles. The molecule has 2 unspecified atom stereocenters. The Labute approximate surface area is 144 Å². The van der Waals surface area contributed by atoms with Crippen molar-refractivity contribution in [2.45, 2.75) is 52.5 Å². The molecule has 1 aliphatic carbocycles. The first-order valence-corrected chi connectivity index (χ1v) is 9.06. The summed E-state index contributed by atoms with van der Waals surface area (Å²) in [7, 11) is 0. The van der Waals surface area contributed by atoms with Crippen LogP contribution in [0, 0.1) is 22.6 Å². The Hall–Kier alpha value is -1.42. The summed E-state index contributed by atoms with van der Waals surface area (Å²) in [5, 5.41) is 6.64. The van der Waals surface area contributed by atoms with Crippen molar-refractivity contribution >= 4 is 5.91 Å². The SMILES string of the molecule is CC(C)(C)CC(NC(=O)C1CC12CCNCC2)c1ccc(F)cc1. The second-order valence-corrected chi connectivity index (χ2v) is 8.75. The van der Waals surface area contributed by atoms with Crippen molar-refractivity contribution in [3.8, 4) is 0 Å². The normalized spacial score (nSPS) is 23.8. The summed E-state index contributed by atoms with van der Waals surface area (Å²) < 4.78 is 13.2. The molecule has 2 N–H and O–H groups in total. The Bertz CT molecular complexity index is 585. The molecule has 4 heteroatoms. The molecule has 2 aliphatic rings. The van der Waals surface area contributed by atoms with Crippen molar-refractivity contribution < 1.29 is 9.18 Å². The number of benzene rings is 1. The number of piperidine rings is 1. The monoisotopic (exact) mass is 332 g/mol. The highest BCUT2D eigenvalue weighted by molar-refractivity contribution is 5.83. The van der Waals surface area contributed by atoms with Gasteiger partial charge in [0.1, 0.15) is 5.82 Å². The zero-order chi connectivity index (χ0) is 17.4. The number of nitrogens with one attached hydrogen (secondary N) is 2. The van der Waals surface area contributed by atoms with Gasteiger partial charge in [-0.25, -0.2) is 4.39 Å². The highest BCUT2D eigenvalue weighted by Crippen LogP contribution is 2.58. The molecule has 1 spiro atoms. The number of hydrogen-bond acceptors (Lipinski definition) is 2. The van der Waals surface area contributed by atoms with Gasteiger partial charge in [-0.1, -0.05) is 32.9 Å². The van der Waals surface area contributed by atoms with E-state index in [0.29, 0.717) is 0 Å². The van der Waals surface area contributed by atoms with E-state index in [1.165, 1.54) is 12.1 Å². The predicted octanol–water partition coefficient (Wildman–Crippen LogP) is 3.81. The van der Waals surface area contributed by atoms with Gasteiger partial charge in [0, 0.05) is 5.92 Å². The van der Waals surface area contributed by atoms with Gasteiger partial charge in [-0.3, -0.25) is 4.79 Å². The van der Waals surface area contributed by atoms with E-state index >= 15 is 0 Å². The van der Waals surface area contributed by atoms with Crippen LogP contribution < -0.4 is 10.6 Å². The van der Waals surface area contributed by atoms with Crippen molar-refractivity contribution in [3.05, 3.63) is 35.6 Å². The van der Waals surface area contributed by atoms with Crippen molar-refractivity contribution in [2.24, 2.45) is 16.7 Å². The van der Waals surface area contributed by atoms with Crippen LogP contribution in [0.25, 0.3) is 0 Å². The number of carbonyl (C=O) groups excluding carboxylic acids is 1. The minimum absolute atomic E-state index is 0.0579. The molecule has 0 radical (unpaired) electrons. The molecular formula is C20H29FN2O. The molecular weight excluding hydrogens is 303 g/mol. The lowest BCUT2D eigenvalue weighted by Crippen LogP contribution is -2.36. The van der Waals surface area contributed by atoms with Crippen LogP contribution in [0.5, 0.6) is 0 Å². The topological polar surface area (TPSA) is 41.1 Å². The van der Waals surface area contributed by atoms with Gasteiger partial charge in [0.05, 0.1) is 6.04 Å². The molecule has 0 aromatic heterocycles. The van der Waals surface area contributed by atoms with E-state index < -0.39 is 0 Å². The first kappa shape index (κ1) is 17.4. The van der Waals surface area contributed by atoms with Crippen molar-refractivity contribution in [2.75, 3.05) is 13.1 Å². The number of hydrogen-bond donors (Lipinski definition) is 2. The van der Waals surface area contributed by atoms with Gasteiger partial charge in [-0.05, 0) is 67.3 Å². The van der Waals surface area contributed by atoms with E-state index in [2.05, 4.69) is 31.4 Å². The fraction of sp³-hybridized carbons (Fsp3) is 0.650. The van der Waals surface area contributed by atoms with E-state index in [4.69, 9.17) is 0 Å². The summed E-state index contributed by atoms with van der Waals surface area (Å²) in [6.07, 6.45) is 4.06. The van der Waals surface area contributed by atoms with Gasteiger partial charge >= 0.3 is 0 Å². The Morgan fingerprint density at radius 2 is 1.92 bits per heavy atom. The van der Waals surface area contributed by atoms with Crippen LogP contribution in [-0.2, 0) is 4.79 Å². The lowest BCUT2D eigenvalue weighted by atomic mass is 9.85. The molecule has 1 amide bonds. The summed E-state index contributed by atoms with van der Waals surface area (Å²) in [5.41, 5.74) is 1.31. The number of halogens is 1. The number of amides is 1. The molecule has 2 fully saturated rings. The van der Waals surface area contributed by atoms with Gasteiger partial charge in [0.2, 0.25) is 5.91 Å². The first-order valence-electron chi connectivity index (χ1n) is 9.06. The lowest BCUT2D eigenvalue weighted by Gasteiger charge is -2.28. The third kappa shape index (κ3) is 3.97. The summed E-state index contributed by atoms with van der Waals surface area (Å²) in [5.74, 6) is 0.0911. The number of carbonyl (C=O) groups is 1. The van der Waals surface area contributed by atoms with Crippen LogP contribution in [-0.4, -0.2) is 19.0 Å². The largest absolute Gasteiger partial charge is 0.349 e. The number of rotatable bonds is 4. The molecule has 24 heavy (non-hydrogen) atoms. The molecule has 0 bridgehead atoms. The Morgan fingerprint density at radius 1 is 1.29 bits per heavy atom. The van der Waals surface area contributed by atoms with Crippen LogP contribution in [0.3, 0.4) is 0 Å². The zero-order valence-electron chi connectivity index (χ0n) is 15.0. The van der Waals surface area contributed by atoms with E-state index in [1.54, 1.807) is 12.1 Å². The van der Waals surface area contributed by atoms with Crippen LogP contribution >= 0.6 is 0 Å². The molecule has 1 saturated carbocycles. The highest BCUT2D eigenvalue weighted by Gasteiger charge is 2.57. The Morgan fingerprint density at radius 3 is 2.50 bits per heavy atom. The molecule has 1 aromatic carbocycles. The lowest BCUT2D eigenvalue weighted by molar-refractivity contribution is -0.124. The standard InChI is InChI=1S/C20H29FN2O/c1-19(2,3)13-17(14-4-6-15(21)7-5-14)23-18(24)16-12-20(16)8-10-22-11-9-20/h4-7,16-17,22H,8-13H2,1-3H3,(H,23,24). The Kier molecular flexibility index (Phi) is 4.69. The maximum absolute atomic E-state index is 13.2. The quantitative estimate of drug-likeness (QED) is 0.880. The van der Waals surface area contributed by atoms with E-state index in [-0.39, 0.29) is 34.5 Å². The van der Waals surface area contributed by atoms with Crippen LogP contribution in [0.15, 0.2) is 24.3 Å². The maximum Gasteiger partial charge on any atom is 0.224 e. The second kappa shape index (κ2) is 6.47. The van der Waals surface area contributed by atoms with Gasteiger partial charge in [0.15, 0.2) is 0 Å². The minimum Gasteiger partial charge on any atom is -0.349 e. The molecule has 1 aromatic rings. The molecule has 1 saturated heterocycles. The second-order valence-electron chi connectivity index (χ2n) is 8.75. The van der Waals surface area contributed by atoms with Crippen LogP contribution in [0.4, 0.5) is 4.39 Å². The van der Waals surface area contributed by atoms with Gasteiger partial charge in [-0.15, -0.1) is 0 Å². The van der Waals surface area contributed by atoms with Gasteiger partial charge < -0.3 is 10.6 Å². The van der Waals surface area contributed by atoms with E-state index in [0.717, 1.165) is 44.3 Å². The molecule has 132 valence electrons. The smallest absolute Gasteiger partial charge is 0.224 e. The van der Waals surface area contributed by atoms with Gasteiger partial charge in [-0.2, -0.15) is 0 Å². The first-order chi connectivity index (χ1) is 11.3. The third-order valence-corrected chi connectivity index (χ3v) is 5.51. The fourth-order valence-electron chi connectivity index (χ4n) is 4.03. The highest BCUT2D eigenvalue weighted by atomic mass is 19.1.